The Morgan fingerprint density at radius 2 is 1.97 bits per heavy atom. The number of aromatic nitrogens is 1. The van der Waals surface area contributed by atoms with Crippen LogP contribution in [0.3, 0.4) is 0 Å². The SMILES string of the molecule is C=C(CCC(=O)N1N=CCC1c1cc(F)c(C)c(F)c1)COc1ccc(C#N)cn1.CC. The lowest BCUT2D eigenvalue weighted by Crippen LogP contribution is -2.27. The first-order valence-electron chi connectivity index (χ1n) is 10.3. The van der Waals surface area contributed by atoms with Crippen LogP contribution in [0.5, 0.6) is 5.88 Å². The van der Waals surface area contributed by atoms with Gasteiger partial charge in [0.05, 0.1) is 11.6 Å². The summed E-state index contributed by atoms with van der Waals surface area (Å²) in [6.07, 6.45) is 3.86. The van der Waals surface area contributed by atoms with Gasteiger partial charge in [-0.2, -0.15) is 10.4 Å². The minimum absolute atomic E-state index is 0.0522. The van der Waals surface area contributed by atoms with Gasteiger partial charge in [0.25, 0.3) is 0 Å². The van der Waals surface area contributed by atoms with Crippen LogP contribution in [0.15, 0.2) is 47.7 Å². The van der Waals surface area contributed by atoms with Crippen LogP contribution < -0.4 is 4.74 Å². The third kappa shape index (κ3) is 6.20. The molecule has 0 saturated heterocycles. The molecule has 1 aliphatic rings. The number of pyridine rings is 1. The van der Waals surface area contributed by atoms with Crippen molar-refractivity contribution in [1.82, 2.24) is 9.99 Å². The molecule has 0 N–H and O–H groups in total. The van der Waals surface area contributed by atoms with Crippen molar-refractivity contribution in [3.8, 4) is 11.9 Å². The van der Waals surface area contributed by atoms with Crippen LogP contribution in [0.1, 0.15) is 55.8 Å². The monoisotopic (exact) mass is 440 g/mol. The quantitative estimate of drug-likeness (QED) is 0.552. The number of nitrogens with zero attached hydrogens (tertiary/aromatic N) is 4. The fourth-order valence-electron chi connectivity index (χ4n) is 2.97. The lowest BCUT2D eigenvalue weighted by Gasteiger charge is -2.23. The number of hydrogen-bond donors (Lipinski definition) is 0. The second-order valence-corrected chi connectivity index (χ2v) is 6.93. The number of carbonyl (C=O) groups is 1. The van der Waals surface area contributed by atoms with Crippen molar-refractivity contribution in [3.05, 3.63) is 70.9 Å². The molecule has 1 atom stereocenters. The molecule has 6 nitrogen and oxygen atoms in total. The molecule has 0 spiro atoms. The van der Waals surface area contributed by atoms with Gasteiger partial charge in [-0.15, -0.1) is 0 Å². The van der Waals surface area contributed by atoms with Crippen molar-refractivity contribution < 1.29 is 18.3 Å². The Labute approximate surface area is 186 Å². The molecule has 0 saturated carbocycles. The third-order valence-corrected chi connectivity index (χ3v) is 4.76. The number of benzene rings is 1. The zero-order valence-corrected chi connectivity index (χ0v) is 18.4. The number of halogens is 2. The van der Waals surface area contributed by atoms with E-state index in [1.165, 1.54) is 30.3 Å². The number of carbonyl (C=O) groups excluding carboxylic acids is 1. The van der Waals surface area contributed by atoms with Gasteiger partial charge in [-0.05, 0) is 42.7 Å². The van der Waals surface area contributed by atoms with Crippen LogP contribution >= 0.6 is 0 Å². The third-order valence-electron chi connectivity index (χ3n) is 4.76. The predicted molar refractivity (Wildman–Crippen MR) is 118 cm³/mol. The summed E-state index contributed by atoms with van der Waals surface area (Å²) in [6, 6.07) is 7.11. The fraction of sp³-hybridized carbons (Fsp3) is 0.333. The van der Waals surface area contributed by atoms with Gasteiger partial charge in [-0.25, -0.2) is 18.8 Å². The Morgan fingerprint density at radius 3 is 2.56 bits per heavy atom. The van der Waals surface area contributed by atoms with Crippen molar-refractivity contribution in [1.29, 1.82) is 5.26 Å². The van der Waals surface area contributed by atoms with E-state index in [0.717, 1.165) is 0 Å². The Hall–Kier alpha value is -3.60. The van der Waals surface area contributed by atoms with Gasteiger partial charge in [0.15, 0.2) is 0 Å². The molecule has 32 heavy (non-hydrogen) atoms. The summed E-state index contributed by atoms with van der Waals surface area (Å²) in [4.78, 5) is 16.6. The van der Waals surface area contributed by atoms with Crippen molar-refractivity contribution in [3.63, 3.8) is 0 Å². The lowest BCUT2D eigenvalue weighted by molar-refractivity contribution is -0.133. The number of rotatable bonds is 7. The summed E-state index contributed by atoms with van der Waals surface area (Å²) in [6.45, 7) is 9.44. The maximum atomic E-state index is 13.9. The van der Waals surface area contributed by atoms with Crippen molar-refractivity contribution in [2.45, 2.75) is 46.1 Å². The van der Waals surface area contributed by atoms with Gasteiger partial charge >= 0.3 is 0 Å². The highest BCUT2D eigenvalue weighted by atomic mass is 19.1. The summed E-state index contributed by atoms with van der Waals surface area (Å²) in [5.41, 5.74) is 1.43. The van der Waals surface area contributed by atoms with Crippen LogP contribution in [0.25, 0.3) is 0 Å². The molecule has 8 heteroatoms. The number of ether oxygens (including phenoxy) is 1. The average Bonchev–Trinajstić information content (AvgIpc) is 3.31. The maximum absolute atomic E-state index is 13.9. The molecule has 168 valence electrons. The van der Waals surface area contributed by atoms with E-state index in [0.29, 0.717) is 35.4 Å². The van der Waals surface area contributed by atoms with E-state index in [-0.39, 0.29) is 24.5 Å². The van der Waals surface area contributed by atoms with Gasteiger partial charge < -0.3 is 4.74 Å². The molecule has 0 bridgehead atoms. The zero-order valence-electron chi connectivity index (χ0n) is 18.4. The normalized spacial score (nSPS) is 14.4. The van der Waals surface area contributed by atoms with Crippen LogP contribution in [0, 0.1) is 29.9 Å². The molecular formula is C24H26F2N4O2. The van der Waals surface area contributed by atoms with Gasteiger partial charge in [0.2, 0.25) is 11.8 Å². The first-order valence-corrected chi connectivity index (χ1v) is 10.3. The lowest BCUT2D eigenvalue weighted by atomic mass is 10.0. The highest BCUT2D eigenvalue weighted by Crippen LogP contribution is 2.31. The predicted octanol–water partition coefficient (Wildman–Crippen LogP) is 5.24. The van der Waals surface area contributed by atoms with Crippen LogP contribution in [-0.4, -0.2) is 28.7 Å². The molecule has 0 radical (unpaired) electrons. The Bertz CT molecular complexity index is 1010. The number of hydrazone groups is 1. The highest BCUT2D eigenvalue weighted by Gasteiger charge is 2.29. The molecule has 3 rings (SSSR count). The Balaban J connectivity index is 0.00000176. The topological polar surface area (TPSA) is 78.6 Å². The summed E-state index contributed by atoms with van der Waals surface area (Å²) in [7, 11) is 0. The summed E-state index contributed by atoms with van der Waals surface area (Å²) >= 11 is 0. The van der Waals surface area contributed by atoms with E-state index in [4.69, 9.17) is 10.00 Å². The average molecular weight is 440 g/mol. The molecular weight excluding hydrogens is 414 g/mol. The zero-order chi connectivity index (χ0) is 23.7. The maximum Gasteiger partial charge on any atom is 0.243 e. The summed E-state index contributed by atoms with van der Waals surface area (Å²) in [5, 5.41) is 14.1. The molecule has 1 aromatic heterocycles. The van der Waals surface area contributed by atoms with Gasteiger partial charge in [-0.3, -0.25) is 4.79 Å². The van der Waals surface area contributed by atoms with Crippen LogP contribution in [-0.2, 0) is 4.79 Å². The Kier molecular flexibility index (Phi) is 9.02. The smallest absolute Gasteiger partial charge is 0.243 e. The summed E-state index contributed by atoms with van der Waals surface area (Å²) in [5.74, 6) is -1.21. The van der Waals surface area contributed by atoms with Crippen LogP contribution in [0.2, 0.25) is 0 Å². The standard InChI is InChI=1S/C22H20F2N4O2.C2H6/c1-14(13-30-21-5-4-16(11-25)12-26-21)3-6-22(29)28-20(7-8-27-28)17-9-18(23)15(2)19(24)10-17;1-2/h4-5,8-10,12,20H,1,3,6-7,13H2,2H3;1-2H3. The van der Waals surface area contributed by atoms with Crippen molar-refractivity contribution >= 4 is 12.1 Å². The van der Waals surface area contributed by atoms with E-state index in [2.05, 4.69) is 16.7 Å². The first-order chi connectivity index (χ1) is 15.4. The Morgan fingerprint density at radius 1 is 1.28 bits per heavy atom. The molecule has 0 fully saturated rings. The van der Waals surface area contributed by atoms with E-state index in [9.17, 15) is 13.6 Å². The van der Waals surface area contributed by atoms with Gasteiger partial charge in [-0.1, -0.05) is 20.4 Å². The molecule has 1 amide bonds. The second kappa shape index (κ2) is 11.7. The molecule has 2 aromatic rings. The van der Waals surface area contributed by atoms with E-state index >= 15 is 0 Å². The summed E-state index contributed by atoms with van der Waals surface area (Å²) < 4.78 is 33.3. The fourth-order valence-corrected chi connectivity index (χ4v) is 2.97. The highest BCUT2D eigenvalue weighted by molar-refractivity contribution is 5.80. The minimum atomic E-state index is -0.647. The van der Waals surface area contributed by atoms with Crippen molar-refractivity contribution in [2.24, 2.45) is 5.10 Å². The van der Waals surface area contributed by atoms with E-state index in [1.807, 2.05) is 19.9 Å². The molecule has 1 unspecified atom stereocenters. The molecule has 1 aromatic carbocycles. The largest absolute Gasteiger partial charge is 0.473 e. The molecule has 0 aliphatic carbocycles. The number of nitriles is 1. The first kappa shape index (κ1) is 24.7. The number of hydrogen-bond acceptors (Lipinski definition) is 5. The number of amides is 1. The van der Waals surface area contributed by atoms with Gasteiger partial charge in [0.1, 0.15) is 24.3 Å². The van der Waals surface area contributed by atoms with E-state index in [1.54, 1.807) is 18.3 Å². The van der Waals surface area contributed by atoms with E-state index < -0.39 is 17.7 Å². The minimum Gasteiger partial charge on any atom is -0.473 e. The second-order valence-electron chi connectivity index (χ2n) is 6.93. The van der Waals surface area contributed by atoms with Crippen LogP contribution in [0.4, 0.5) is 8.78 Å². The van der Waals surface area contributed by atoms with Crippen molar-refractivity contribution in [2.75, 3.05) is 6.61 Å². The molecule has 2 heterocycles. The molecule has 1 aliphatic heterocycles. The van der Waals surface area contributed by atoms with Gasteiger partial charge in [0, 0.05) is 36.9 Å².